The second-order valence-electron chi connectivity index (χ2n) is 3.96. The van der Waals surface area contributed by atoms with Crippen LogP contribution in [0.5, 0.6) is 0 Å². The summed E-state index contributed by atoms with van der Waals surface area (Å²) in [5.41, 5.74) is 0. The van der Waals surface area contributed by atoms with Crippen LogP contribution in [-0.4, -0.2) is 11.6 Å². The molecule has 0 N–H and O–H groups in total. The first-order chi connectivity index (χ1) is 7.50. The first kappa shape index (κ1) is 12.1. The summed E-state index contributed by atoms with van der Waals surface area (Å²) >= 11 is 13.1. The molecule has 16 heavy (non-hydrogen) atoms. The number of carbonyl (C=O) groups excluding carboxylic acids is 2. The normalized spacial score (nSPS) is 15.2. The molecule has 0 spiro atoms. The number of ketones is 2. The number of rotatable bonds is 4. The summed E-state index contributed by atoms with van der Waals surface area (Å²) in [4.78, 5) is 24.5. The molecule has 0 bridgehead atoms. The molecule has 2 nitrogen and oxygen atoms in total. The van der Waals surface area contributed by atoms with Crippen molar-refractivity contribution in [3.8, 4) is 0 Å². The SMILES string of the molecule is Cc1sc(C(=O)CC(=O)C2CC2)c(Cl)c1Cl. The molecule has 86 valence electrons. The van der Waals surface area contributed by atoms with Crippen molar-refractivity contribution < 1.29 is 9.59 Å². The minimum atomic E-state index is -0.207. The van der Waals surface area contributed by atoms with Crippen LogP contribution in [0, 0.1) is 12.8 Å². The summed E-state index contributed by atoms with van der Waals surface area (Å²) in [6, 6.07) is 0. The van der Waals surface area contributed by atoms with E-state index in [4.69, 9.17) is 23.2 Å². The predicted molar refractivity (Wildman–Crippen MR) is 65.8 cm³/mol. The van der Waals surface area contributed by atoms with E-state index in [1.54, 1.807) is 6.92 Å². The number of halogens is 2. The highest BCUT2D eigenvalue weighted by Crippen LogP contribution is 2.38. The van der Waals surface area contributed by atoms with E-state index in [9.17, 15) is 9.59 Å². The molecule has 1 fully saturated rings. The van der Waals surface area contributed by atoms with Gasteiger partial charge in [0.2, 0.25) is 0 Å². The molecule has 1 saturated carbocycles. The average molecular weight is 277 g/mol. The molecule has 2 rings (SSSR count). The van der Waals surface area contributed by atoms with Crippen molar-refractivity contribution in [2.45, 2.75) is 26.2 Å². The van der Waals surface area contributed by atoms with Crippen molar-refractivity contribution in [1.29, 1.82) is 0 Å². The molecule has 0 radical (unpaired) electrons. The highest BCUT2D eigenvalue weighted by molar-refractivity contribution is 7.15. The average Bonchev–Trinajstić information content (AvgIpc) is 3.03. The summed E-state index contributed by atoms with van der Waals surface area (Å²) in [5, 5.41) is 0.714. The third-order valence-corrected chi connectivity index (χ3v) is 4.89. The van der Waals surface area contributed by atoms with E-state index in [1.165, 1.54) is 11.3 Å². The zero-order chi connectivity index (χ0) is 11.9. The lowest BCUT2D eigenvalue weighted by Gasteiger charge is -1.97. The molecule has 1 aliphatic carbocycles. The molecular formula is C11H10Cl2O2S. The molecule has 0 atom stereocenters. The van der Waals surface area contributed by atoms with Crippen LogP contribution >= 0.6 is 34.5 Å². The van der Waals surface area contributed by atoms with Gasteiger partial charge in [0, 0.05) is 10.8 Å². The Labute approximate surface area is 108 Å². The van der Waals surface area contributed by atoms with Crippen molar-refractivity contribution in [2.24, 2.45) is 5.92 Å². The quantitative estimate of drug-likeness (QED) is 0.617. The number of aryl methyl sites for hydroxylation is 1. The second kappa shape index (κ2) is 4.47. The maximum Gasteiger partial charge on any atom is 0.181 e. The van der Waals surface area contributed by atoms with Crippen molar-refractivity contribution in [1.82, 2.24) is 0 Å². The summed E-state index contributed by atoms with van der Waals surface area (Å²) in [5.74, 6) is -0.0654. The Hall–Kier alpha value is -0.380. The van der Waals surface area contributed by atoms with Crippen molar-refractivity contribution >= 4 is 46.1 Å². The van der Waals surface area contributed by atoms with E-state index in [0.717, 1.165) is 17.7 Å². The topological polar surface area (TPSA) is 34.1 Å². The first-order valence-corrected chi connectivity index (χ1v) is 6.58. The molecule has 1 aromatic rings. The Morgan fingerprint density at radius 2 is 1.94 bits per heavy atom. The van der Waals surface area contributed by atoms with Gasteiger partial charge in [0.15, 0.2) is 5.78 Å². The van der Waals surface area contributed by atoms with Gasteiger partial charge in [-0.1, -0.05) is 23.2 Å². The van der Waals surface area contributed by atoms with Crippen LogP contribution in [-0.2, 0) is 4.79 Å². The van der Waals surface area contributed by atoms with E-state index in [2.05, 4.69) is 0 Å². The summed E-state index contributed by atoms with van der Waals surface area (Å²) in [6.45, 7) is 1.80. The maximum atomic E-state index is 11.8. The third kappa shape index (κ3) is 2.31. The van der Waals surface area contributed by atoms with E-state index in [0.29, 0.717) is 9.90 Å². The highest BCUT2D eigenvalue weighted by atomic mass is 35.5. The molecule has 0 amide bonds. The van der Waals surface area contributed by atoms with Crippen LogP contribution in [0.15, 0.2) is 0 Å². The summed E-state index contributed by atoms with van der Waals surface area (Å²) in [7, 11) is 0. The Morgan fingerprint density at radius 1 is 1.31 bits per heavy atom. The molecule has 0 aliphatic heterocycles. The van der Waals surface area contributed by atoms with Gasteiger partial charge in [0.1, 0.15) is 5.78 Å². The highest BCUT2D eigenvalue weighted by Gasteiger charge is 2.31. The minimum absolute atomic E-state index is 0.0308. The maximum absolute atomic E-state index is 11.8. The second-order valence-corrected chi connectivity index (χ2v) is 5.94. The van der Waals surface area contributed by atoms with Crippen LogP contribution in [0.4, 0.5) is 0 Å². The van der Waals surface area contributed by atoms with Gasteiger partial charge in [-0.05, 0) is 19.8 Å². The fourth-order valence-electron chi connectivity index (χ4n) is 1.46. The van der Waals surface area contributed by atoms with Crippen molar-refractivity contribution in [3.05, 3.63) is 19.8 Å². The number of hydrogen-bond acceptors (Lipinski definition) is 3. The molecule has 0 unspecified atom stereocenters. The van der Waals surface area contributed by atoms with Crippen LogP contribution in [0.3, 0.4) is 0 Å². The Bertz CT molecular complexity index is 461. The van der Waals surface area contributed by atoms with E-state index >= 15 is 0 Å². The lowest BCUT2D eigenvalue weighted by Crippen LogP contribution is -2.08. The van der Waals surface area contributed by atoms with Gasteiger partial charge in [-0.25, -0.2) is 0 Å². The van der Waals surface area contributed by atoms with Gasteiger partial charge < -0.3 is 0 Å². The molecule has 5 heteroatoms. The van der Waals surface area contributed by atoms with Gasteiger partial charge in [-0.2, -0.15) is 0 Å². The Kier molecular flexibility index (Phi) is 3.38. The monoisotopic (exact) mass is 276 g/mol. The van der Waals surface area contributed by atoms with Gasteiger partial charge >= 0.3 is 0 Å². The van der Waals surface area contributed by atoms with Crippen LogP contribution in [0.1, 0.15) is 33.8 Å². The zero-order valence-electron chi connectivity index (χ0n) is 8.68. The largest absolute Gasteiger partial charge is 0.299 e. The minimum Gasteiger partial charge on any atom is -0.299 e. The number of carbonyl (C=O) groups is 2. The van der Waals surface area contributed by atoms with Crippen LogP contribution in [0.2, 0.25) is 10.0 Å². The van der Waals surface area contributed by atoms with E-state index in [1.807, 2.05) is 0 Å². The third-order valence-electron chi connectivity index (χ3n) is 2.58. The molecule has 1 aliphatic rings. The van der Waals surface area contributed by atoms with Gasteiger partial charge in [0.05, 0.1) is 21.3 Å². The summed E-state index contributed by atoms with van der Waals surface area (Å²) < 4.78 is 0. The van der Waals surface area contributed by atoms with Gasteiger partial charge in [0.25, 0.3) is 0 Å². The number of thiophene rings is 1. The summed E-state index contributed by atoms with van der Waals surface area (Å²) in [6.07, 6.45) is 1.80. The molecule has 1 aromatic heterocycles. The first-order valence-electron chi connectivity index (χ1n) is 5.01. The predicted octanol–water partition coefficient (Wildman–Crippen LogP) is 3.92. The Balaban J connectivity index is 2.13. The van der Waals surface area contributed by atoms with Crippen molar-refractivity contribution in [2.75, 3.05) is 0 Å². The Morgan fingerprint density at radius 3 is 2.38 bits per heavy atom. The van der Waals surface area contributed by atoms with Gasteiger partial charge in [-0.3, -0.25) is 9.59 Å². The smallest absolute Gasteiger partial charge is 0.181 e. The van der Waals surface area contributed by atoms with Gasteiger partial charge in [-0.15, -0.1) is 11.3 Å². The van der Waals surface area contributed by atoms with Crippen LogP contribution < -0.4 is 0 Å². The lowest BCUT2D eigenvalue weighted by molar-refractivity contribution is -0.119. The molecule has 0 saturated heterocycles. The van der Waals surface area contributed by atoms with Crippen molar-refractivity contribution in [3.63, 3.8) is 0 Å². The zero-order valence-corrected chi connectivity index (χ0v) is 11.0. The molecule has 0 aromatic carbocycles. The lowest BCUT2D eigenvalue weighted by atomic mass is 10.1. The fraction of sp³-hybridized carbons (Fsp3) is 0.455. The number of hydrogen-bond donors (Lipinski definition) is 0. The van der Waals surface area contributed by atoms with E-state index < -0.39 is 0 Å². The molecular weight excluding hydrogens is 267 g/mol. The van der Waals surface area contributed by atoms with E-state index in [-0.39, 0.29) is 28.9 Å². The fourth-order valence-corrected chi connectivity index (χ4v) is 3.03. The number of Topliss-reactive ketones (excluding diaryl/α,β-unsaturated/α-hetero) is 2. The standard InChI is InChI=1S/C11H10Cl2O2S/c1-5-9(12)10(13)11(16-5)8(15)4-7(14)6-2-3-6/h6H,2-4H2,1H3. The van der Waals surface area contributed by atoms with Crippen LogP contribution in [0.25, 0.3) is 0 Å². The molecule has 1 heterocycles.